The van der Waals surface area contributed by atoms with E-state index in [2.05, 4.69) is 11.5 Å². The minimum absolute atomic E-state index is 0.0676. The van der Waals surface area contributed by atoms with E-state index >= 15 is 0 Å². The molecule has 0 aromatic heterocycles. The maximum atomic E-state index is 12.2. The number of hydrogen-bond acceptors (Lipinski definition) is 7. The lowest BCUT2D eigenvalue weighted by molar-refractivity contribution is -0.119. The van der Waals surface area contributed by atoms with Crippen LogP contribution in [-0.2, 0) is 14.3 Å². The molecule has 34 heavy (non-hydrogen) atoms. The van der Waals surface area contributed by atoms with Crippen molar-refractivity contribution in [2.24, 2.45) is 0 Å². The molecule has 9 heteroatoms. The Labute approximate surface area is 197 Å². The van der Waals surface area contributed by atoms with Gasteiger partial charge in [0.1, 0.15) is 12.7 Å². The van der Waals surface area contributed by atoms with Crippen LogP contribution >= 0.6 is 0 Å². The molecule has 1 N–H and O–H groups in total. The Hall–Kier alpha value is -4.32. The molecular formula is C25H24N4O5. The first-order valence-corrected chi connectivity index (χ1v) is 10.9. The number of nitrogens with one attached hydrogen (secondary N) is 1. The average Bonchev–Trinajstić information content (AvgIpc) is 3.45. The van der Waals surface area contributed by atoms with E-state index < -0.39 is 18.2 Å². The number of carbonyl (C=O) groups is 3. The Morgan fingerprint density at radius 1 is 1.18 bits per heavy atom. The van der Waals surface area contributed by atoms with Gasteiger partial charge in [-0.25, -0.2) is 9.59 Å². The smallest absolute Gasteiger partial charge is 0.414 e. The van der Waals surface area contributed by atoms with Crippen LogP contribution in [0.5, 0.6) is 0 Å². The van der Waals surface area contributed by atoms with Crippen molar-refractivity contribution in [1.82, 2.24) is 10.2 Å². The van der Waals surface area contributed by atoms with Gasteiger partial charge in [0.15, 0.2) is 6.19 Å². The SMILES string of the molecule is CC(=O)NC[C@H]1CN(c2ccc(C3=C[C@@H](COC(=O)c4ccccc4)N(C#N)C3)cc2)C(=O)O1. The molecular weight excluding hydrogens is 436 g/mol. The summed E-state index contributed by atoms with van der Waals surface area (Å²) in [6.45, 7) is 2.49. The monoisotopic (exact) mass is 460 g/mol. The van der Waals surface area contributed by atoms with Crippen molar-refractivity contribution in [3.63, 3.8) is 0 Å². The highest BCUT2D eigenvalue weighted by molar-refractivity contribution is 5.90. The summed E-state index contributed by atoms with van der Waals surface area (Å²) in [4.78, 5) is 38.6. The van der Waals surface area contributed by atoms with Gasteiger partial charge in [0.2, 0.25) is 5.91 Å². The Balaban J connectivity index is 1.39. The predicted octanol–water partition coefficient (Wildman–Crippen LogP) is 2.55. The number of esters is 1. The van der Waals surface area contributed by atoms with Crippen molar-refractivity contribution in [2.45, 2.75) is 19.1 Å². The zero-order chi connectivity index (χ0) is 24.1. The van der Waals surface area contributed by atoms with Gasteiger partial charge < -0.3 is 14.8 Å². The molecule has 2 aromatic carbocycles. The number of hydrogen-bond donors (Lipinski definition) is 1. The van der Waals surface area contributed by atoms with Crippen LogP contribution in [0.1, 0.15) is 22.8 Å². The fraction of sp³-hybridized carbons (Fsp3) is 0.280. The third kappa shape index (κ3) is 5.18. The first-order valence-electron chi connectivity index (χ1n) is 10.9. The molecule has 9 nitrogen and oxygen atoms in total. The molecule has 174 valence electrons. The van der Waals surface area contributed by atoms with Gasteiger partial charge in [-0.3, -0.25) is 14.6 Å². The highest BCUT2D eigenvalue weighted by atomic mass is 16.6. The predicted molar refractivity (Wildman–Crippen MR) is 124 cm³/mol. The summed E-state index contributed by atoms with van der Waals surface area (Å²) in [5.74, 6) is -0.609. The van der Waals surface area contributed by atoms with Gasteiger partial charge in [-0.15, -0.1) is 0 Å². The maximum absolute atomic E-state index is 12.2. The van der Waals surface area contributed by atoms with Crippen molar-refractivity contribution < 1.29 is 23.9 Å². The number of benzene rings is 2. The Bertz CT molecular complexity index is 1140. The highest BCUT2D eigenvalue weighted by Gasteiger charge is 2.32. The van der Waals surface area contributed by atoms with Crippen LogP contribution in [0.25, 0.3) is 5.57 Å². The van der Waals surface area contributed by atoms with Crippen molar-refractivity contribution >= 4 is 29.2 Å². The standard InChI is InChI=1S/C25H24N4O5/c1-17(30)27-12-23-14-29(25(32)34-23)21-9-7-18(8-10-21)20-11-22(28(13-20)16-26)15-33-24(31)19-5-3-2-4-6-19/h2-11,22-23H,12-15H2,1H3,(H,27,30)/t22-,23-/m0/s1. The highest BCUT2D eigenvalue weighted by Crippen LogP contribution is 2.28. The summed E-state index contributed by atoms with van der Waals surface area (Å²) in [5.41, 5.74) is 2.98. The number of nitriles is 1. The number of rotatable bonds is 7. The molecule has 2 heterocycles. The quantitative estimate of drug-likeness (QED) is 0.499. The minimum Gasteiger partial charge on any atom is -0.460 e. The molecule has 4 rings (SSSR count). The molecule has 0 bridgehead atoms. The van der Waals surface area contributed by atoms with E-state index in [1.54, 1.807) is 29.2 Å². The zero-order valence-electron chi connectivity index (χ0n) is 18.6. The largest absolute Gasteiger partial charge is 0.460 e. The number of ether oxygens (including phenoxy) is 2. The first kappa shape index (κ1) is 22.9. The summed E-state index contributed by atoms with van der Waals surface area (Å²) in [7, 11) is 0. The van der Waals surface area contributed by atoms with Gasteiger partial charge in [-0.1, -0.05) is 36.4 Å². The molecule has 2 aliphatic rings. The molecule has 0 unspecified atom stereocenters. The first-order chi connectivity index (χ1) is 16.4. The summed E-state index contributed by atoms with van der Waals surface area (Å²) in [6.07, 6.45) is 3.21. The van der Waals surface area contributed by atoms with Gasteiger partial charge in [0, 0.05) is 12.6 Å². The van der Waals surface area contributed by atoms with Crippen molar-refractivity contribution in [3.8, 4) is 6.19 Å². The fourth-order valence-electron chi connectivity index (χ4n) is 3.88. The lowest BCUT2D eigenvalue weighted by Crippen LogP contribution is -2.33. The summed E-state index contributed by atoms with van der Waals surface area (Å²) in [6, 6.07) is 15.8. The molecule has 2 aromatic rings. The Morgan fingerprint density at radius 2 is 1.91 bits per heavy atom. The summed E-state index contributed by atoms with van der Waals surface area (Å²) in [5, 5.41) is 12.2. The molecule has 1 saturated heterocycles. The van der Waals surface area contributed by atoms with Crippen LogP contribution in [0, 0.1) is 11.5 Å². The summed E-state index contributed by atoms with van der Waals surface area (Å²) >= 11 is 0. The van der Waals surface area contributed by atoms with Crippen LogP contribution in [0.15, 0.2) is 60.7 Å². The molecule has 0 aliphatic carbocycles. The van der Waals surface area contributed by atoms with E-state index in [-0.39, 0.29) is 25.1 Å². The number of amides is 2. The average molecular weight is 460 g/mol. The van der Waals surface area contributed by atoms with E-state index in [1.807, 2.05) is 36.4 Å². The van der Waals surface area contributed by atoms with E-state index in [4.69, 9.17) is 9.47 Å². The van der Waals surface area contributed by atoms with Crippen LogP contribution in [0.3, 0.4) is 0 Å². The van der Waals surface area contributed by atoms with Crippen molar-refractivity contribution in [3.05, 3.63) is 71.8 Å². The van der Waals surface area contributed by atoms with Crippen LogP contribution in [0.4, 0.5) is 10.5 Å². The molecule has 2 atom stereocenters. The molecule has 2 aliphatic heterocycles. The van der Waals surface area contributed by atoms with Crippen LogP contribution in [-0.4, -0.2) is 61.3 Å². The van der Waals surface area contributed by atoms with E-state index in [1.165, 1.54) is 11.8 Å². The molecule has 0 spiro atoms. The van der Waals surface area contributed by atoms with E-state index in [9.17, 15) is 19.6 Å². The third-order valence-corrected chi connectivity index (χ3v) is 5.66. The second-order valence-electron chi connectivity index (χ2n) is 8.05. The van der Waals surface area contributed by atoms with Gasteiger partial charge in [0.05, 0.1) is 31.2 Å². The van der Waals surface area contributed by atoms with E-state index in [0.29, 0.717) is 24.3 Å². The molecule has 0 radical (unpaired) electrons. The summed E-state index contributed by atoms with van der Waals surface area (Å²) < 4.78 is 10.7. The lowest BCUT2D eigenvalue weighted by Gasteiger charge is -2.18. The van der Waals surface area contributed by atoms with Crippen molar-refractivity contribution in [1.29, 1.82) is 5.26 Å². The second kappa shape index (κ2) is 10.1. The van der Waals surface area contributed by atoms with Crippen LogP contribution in [0.2, 0.25) is 0 Å². The Morgan fingerprint density at radius 3 is 2.59 bits per heavy atom. The number of nitrogens with zero attached hydrogens (tertiary/aromatic N) is 3. The maximum Gasteiger partial charge on any atom is 0.414 e. The fourth-order valence-corrected chi connectivity index (χ4v) is 3.88. The van der Waals surface area contributed by atoms with Gasteiger partial charge in [0.25, 0.3) is 0 Å². The second-order valence-corrected chi connectivity index (χ2v) is 8.05. The lowest BCUT2D eigenvalue weighted by atomic mass is 10.1. The van der Waals surface area contributed by atoms with Crippen molar-refractivity contribution in [2.75, 3.05) is 31.1 Å². The minimum atomic E-state index is -0.459. The van der Waals surface area contributed by atoms with Gasteiger partial charge >= 0.3 is 12.1 Å². The van der Waals surface area contributed by atoms with Crippen LogP contribution < -0.4 is 10.2 Å². The number of anilines is 1. The van der Waals surface area contributed by atoms with E-state index in [0.717, 1.165) is 11.1 Å². The van der Waals surface area contributed by atoms with Gasteiger partial charge in [-0.2, -0.15) is 5.26 Å². The Kier molecular flexibility index (Phi) is 6.78. The third-order valence-electron chi connectivity index (χ3n) is 5.66. The zero-order valence-corrected chi connectivity index (χ0v) is 18.6. The van der Waals surface area contributed by atoms with Gasteiger partial charge in [-0.05, 0) is 35.4 Å². The number of cyclic esters (lactones) is 1. The molecule has 0 saturated carbocycles. The molecule has 1 fully saturated rings. The normalized spacial score (nSPS) is 19.3. The molecule has 2 amide bonds. The topological polar surface area (TPSA) is 112 Å². The number of carbonyl (C=O) groups excluding carboxylic acids is 3.